The van der Waals surface area contributed by atoms with Crippen molar-refractivity contribution in [1.29, 1.82) is 0 Å². The molecule has 1 aromatic heterocycles. The number of aromatic nitrogens is 1. The van der Waals surface area contributed by atoms with Crippen molar-refractivity contribution in [3.63, 3.8) is 0 Å². The normalized spacial score (nSPS) is 16.8. The lowest BCUT2D eigenvalue weighted by Crippen LogP contribution is -2.48. The van der Waals surface area contributed by atoms with Crippen molar-refractivity contribution in [2.75, 3.05) is 78.6 Å². The number of unbranched alkanes of at least 4 members (excludes halogenated alkanes) is 5. The van der Waals surface area contributed by atoms with Crippen LogP contribution in [0, 0.1) is 0 Å². The highest BCUT2D eigenvalue weighted by atomic mass is 16.5. The first-order valence-corrected chi connectivity index (χ1v) is 14.8. The van der Waals surface area contributed by atoms with Crippen LogP contribution in [0.25, 0.3) is 0 Å². The van der Waals surface area contributed by atoms with E-state index in [1.807, 2.05) is 0 Å². The van der Waals surface area contributed by atoms with Crippen LogP contribution < -0.4 is 0 Å². The standard InChI is InChI=1S/C29H47N5O8/c1-2-3-4-5-6-7-18-42-29(41)24-8-9-30-25(19-24)20-31-10-12-32(21-26(35)36)14-16-34(23-28(39)40)17-15-33(13-11-31)22-27(37)38/h8-9,19H,2-7,10-18,20-23H2,1H3,(H,35,36)(H,37,38)(H,39,40). The van der Waals surface area contributed by atoms with Gasteiger partial charge < -0.3 is 20.1 Å². The number of esters is 1. The highest BCUT2D eigenvalue weighted by molar-refractivity contribution is 5.89. The van der Waals surface area contributed by atoms with Crippen LogP contribution in [-0.2, 0) is 25.7 Å². The van der Waals surface area contributed by atoms with Crippen LogP contribution >= 0.6 is 0 Å². The van der Waals surface area contributed by atoms with Gasteiger partial charge in [0.1, 0.15) is 0 Å². The number of pyridine rings is 1. The van der Waals surface area contributed by atoms with Gasteiger partial charge in [0.25, 0.3) is 0 Å². The van der Waals surface area contributed by atoms with Gasteiger partial charge in [-0.05, 0) is 18.6 Å². The predicted octanol–water partition coefficient (Wildman–Crippen LogP) is 1.57. The molecule has 0 saturated carbocycles. The SMILES string of the molecule is CCCCCCCCOC(=O)c1ccnc(CN2CCN(CC(=O)O)CCN(CC(=O)O)CCN(CC(=O)O)CC2)c1. The molecule has 2 heterocycles. The van der Waals surface area contributed by atoms with Crippen LogP contribution in [0.1, 0.15) is 61.5 Å². The van der Waals surface area contributed by atoms with Crippen molar-refractivity contribution in [3.05, 3.63) is 29.6 Å². The third-order valence-corrected chi connectivity index (χ3v) is 7.18. The fourth-order valence-corrected chi connectivity index (χ4v) is 4.84. The van der Waals surface area contributed by atoms with E-state index in [2.05, 4.69) is 16.8 Å². The summed E-state index contributed by atoms with van der Waals surface area (Å²) in [4.78, 5) is 58.7. The number of hydrogen-bond acceptors (Lipinski definition) is 10. The monoisotopic (exact) mass is 593 g/mol. The lowest BCUT2D eigenvalue weighted by Gasteiger charge is -2.33. The van der Waals surface area contributed by atoms with Crippen LogP contribution in [0.4, 0.5) is 0 Å². The van der Waals surface area contributed by atoms with Gasteiger partial charge >= 0.3 is 23.9 Å². The van der Waals surface area contributed by atoms with E-state index in [4.69, 9.17) is 4.74 Å². The fraction of sp³-hybridized carbons (Fsp3) is 0.690. The van der Waals surface area contributed by atoms with E-state index in [1.165, 1.54) is 19.3 Å². The summed E-state index contributed by atoms with van der Waals surface area (Å²) in [5, 5.41) is 28.1. The smallest absolute Gasteiger partial charge is 0.338 e. The number of aliphatic carboxylic acids is 3. The Bertz CT molecular complexity index is 963. The van der Waals surface area contributed by atoms with Gasteiger partial charge in [0.2, 0.25) is 0 Å². The van der Waals surface area contributed by atoms with Crippen LogP contribution in [0.2, 0.25) is 0 Å². The molecule has 42 heavy (non-hydrogen) atoms. The molecule has 2 rings (SSSR count). The Balaban J connectivity index is 2.07. The Labute approximate surface area is 248 Å². The maximum absolute atomic E-state index is 12.6. The van der Waals surface area contributed by atoms with Crippen LogP contribution in [0.3, 0.4) is 0 Å². The lowest BCUT2D eigenvalue weighted by molar-refractivity contribution is -0.140. The maximum Gasteiger partial charge on any atom is 0.338 e. The summed E-state index contributed by atoms with van der Waals surface area (Å²) in [5.41, 5.74) is 1.07. The molecule has 0 spiro atoms. The lowest BCUT2D eigenvalue weighted by atomic mass is 10.1. The second-order valence-corrected chi connectivity index (χ2v) is 10.7. The molecule has 236 valence electrons. The summed E-state index contributed by atoms with van der Waals surface area (Å²) in [6.07, 6.45) is 8.16. The summed E-state index contributed by atoms with van der Waals surface area (Å²) < 4.78 is 5.46. The maximum atomic E-state index is 12.6. The summed E-state index contributed by atoms with van der Waals surface area (Å²) in [6, 6.07) is 3.32. The van der Waals surface area contributed by atoms with Crippen molar-refractivity contribution in [3.8, 4) is 0 Å². The molecule has 0 unspecified atom stereocenters. The molecule has 0 aliphatic carbocycles. The van der Waals surface area contributed by atoms with Crippen LogP contribution in [0.15, 0.2) is 18.3 Å². The number of ether oxygens (including phenoxy) is 1. The van der Waals surface area contributed by atoms with E-state index in [0.29, 0.717) is 76.8 Å². The molecule has 1 aromatic rings. The first-order valence-electron chi connectivity index (χ1n) is 14.8. The Morgan fingerprint density at radius 1 is 0.714 bits per heavy atom. The van der Waals surface area contributed by atoms with Gasteiger partial charge in [-0.25, -0.2) is 4.79 Å². The summed E-state index contributed by atoms with van der Waals surface area (Å²) >= 11 is 0. The largest absolute Gasteiger partial charge is 0.480 e. The van der Waals surface area contributed by atoms with Gasteiger partial charge in [-0.2, -0.15) is 0 Å². The molecule has 0 bridgehead atoms. The molecule has 3 N–H and O–H groups in total. The highest BCUT2D eigenvalue weighted by Gasteiger charge is 2.21. The molecule has 1 saturated heterocycles. The Morgan fingerprint density at radius 2 is 1.17 bits per heavy atom. The predicted molar refractivity (Wildman–Crippen MR) is 155 cm³/mol. The van der Waals surface area contributed by atoms with E-state index >= 15 is 0 Å². The third-order valence-electron chi connectivity index (χ3n) is 7.18. The van der Waals surface area contributed by atoms with Gasteiger partial charge in [-0.3, -0.25) is 39.0 Å². The molecular formula is C29H47N5O8. The zero-order valence-corrected chi connectivity index (χ0v) is 24.8. The summed E-state index contributed by atoms with van der Waals surface area (Å²) in [5.74, 6) is -3.34. The van der Waals surface area contributed by atoms with Crippen LogP contribution in [0.5, 0.6) is 0 Å². The number of nitrogens with zero attached hydrogens (tertiary/aromatic N) is 5. The van der Waals surface area contributed by atoms with Crippen LogP contribution in [-0.4, -0.2) is 142 Å². The average molecular weight is 594 g/mol. The van der Waals surface area contributed by atoms with E-state index in [1.54, 1.807) is 33.0 Å². The number of carbonyl (C=O) groups is 4. The first kappa shape index (κ1) is 35.1. The zero-order chi connectivity index (χ0) is 30.7. The van der Waals surface area contributed by atoms with Gasteiger partial charge in [0.05, 0.1) is 37.5 Å². The number of hydrogen-bond donors (Lipinski definition) is 3. The molecular weight excluding hydrogens is 546 g/mol. The Hall–Kier alpha value is -3.13. The Morgan fingerprint density at radius 3 is 1.64 bits per heavy atom. The molecule has 0 radical (unpaired) electrons. The van der Waals surface area contributed by atoms with Gasteiger partial charge in [-0.15, -0.1) is 0 Å². The minimum absolute atomic E-state index is 0.182. The second-order valence-electron chi connectivity index (χ2n) is 10.7. The van der Waals surface area contributed by atoms with E-state index in [-0.39, 0.29) is 19.6 Å². The Kier molecular flexibility index (Phi) is 16.6. The molecule has 1 aliphatic heterocycles. The first-order chi connectivity index (χ1) is 20.2. The molecule has 1 fully saturated rings. The van der Waals surface area contributed by atoms with Crippen molar-refractivity contribution >= 4 is 23.9 Å². The topological polar surface area (TPSA) is 164 Å². The van der Waals surface area contributed by atoms with E-state index < -0.39 is 23.9 Å². The van der Waals surface area contributed by atoms with Crippen molar-refractivity contribution in [1.82, 2.24) is 24.6 Å². The molecule has 13 heteroatoms. The van der Waals surface area contributed by atoms with Crippen molar-refractivity contribution in [2.24, 2.45) is 0 Å². The van der Waals surface area contributed by atoms with Gasteiger partial charge in [0.15, 0.2) is 0 Å². The van der Waals surface area contributed by atoms with E-state index in [0.717, 1.165) is 19.3 Å². The average Bonchev–Trinajstić information content (AvgIpc) is 2.93. The number of carboxylic acid groups (broad SMARTS) is 3. The van der Waals surface area contributed by atoms with E-state index in [9.17, 15) is 34.5 Å². The number of carbonyl (C=O) groups excluding carboxylic acids is 1. The zero-order valence-electron chi connectivity index (χ0n) is 24.8. The minimum atomic E-state index is -0.996. The second kappa shape index (κ2) is 19.9. The fourth-order valence-electron chi connectivity index (χ4n) is 4.84. The molecule has 0 amide bonds. The number of rotatable bonds is 16. The molecule has 0 atom stereocenters. The quantitative estimate of drug-likeness (QED) is 0.187. The molecule has 0 aromatic carbocycles. The highest BCUT2D eigenvalue weighted by Crippen LogP contribution is 2.10. The van der Waals surface area contributed by atoms with Crippen molar-refractivity contribution < 1.29 is 39.2 Å². The van der Waals surface area contributed by atoms with Gasteiger partial charge in [-0.1, -0.05) is 39.0 Å². The minimum Gasteiger partial charge on any atom is -0.480 e. The molecule has 1 aliphatic rings. The number of carboxylic acids is 3. The third kappa shape index (κ3) is 15.2. The summed E-state index contributed by atoms with van der Waals surface area (Å²) in [7, 11) is 0. The van der Waals surface area contributed by atoms with Crippen molar-refractivity contribution in [2.45, 2.75) is 52.0 Å². The van der Waals surface area contributed by atoms with Gasteiger partial charge in [0, 0.05) is 65.1 Å². The molecule has 13 nitrogen and oxygen atoms in total. The summed E-state index contributed by atoms with van der Waals surface area (Å²) in [6.45, 7) is 5.49.